The maximum atomic E-state index is 7.10. The Morgan fingerprint density at radius 2 is 0.682 bits per heavy atom. The minimum absolute atomic E-state index is 0.327. The Morgan fingerprint density at radius 3 is 1.06 bits per heavy atom. The van der Waals surface area contributed by atoms with Crippen molar-refractivity contribution in [1.82, 2.24) is 0 Å². The molecular formula is C58H58Br2Cl2O4. The predicted octanol–water partition coefficient (Wildman–Crippen LogP) is 18.9. The van der Waals surface area contributed by atoms with Crippen LogP contribution >= 0.6 is 55.1 Å². The fraction of sp³-hybridized carbons (Fsp3) is 0.310. The highest BCUT2D eigenvalue weighted by molar-refractivity contribution is 9.08. The number of rotatable bonds is 23. The fourth-order valence-electron chi connectivity index (χ4n) is 8.81. The Hall–Kier alpha value is -4.46. The van der Waals surface area contributed by atoms with Crippen LogP contribution in [0.3, 0.4) is 0 Å². The van der Waals surface area contributed by atoms with Gasteiger partial charge in [0.2, 0.25) is 0 Å². The van der Waals surface area contributed by atoms with Gasteiger partial charge in [0.1, 0.15) is 36.2 Å². The van der Waals surface area contributed by atoms with Crippen LogP contribution in [0.2, 0.25) is 10.0 Å². The highest BCUT2D eigenvalue weighted by Crippen LogP contribution is 2.43. The van der Waals surface area contributed by atoms with E-state index in [2.05, 4.69) is 143 Å². The SMILES string of the molecule is CCCCCCCOc1ccc2ccc(COc3ccc4ccc(CBr)c(-c5c(CBr)ccc6ccc(OCc7ccc8ccc(OCCCCCCC)cc8c7Cl)cc56)c4c3)c(Cl)c2c1. The van der Waals surface area contributed by atoms with E-state index >= 15 is 0 Å². The molecule has 66 heavy (non-hydrogen) atoms. The summed E-state index contributed by atoms with van der Waals surface area (Å²) in [4.78, 5) is 0. The third kappa shape index (κ3) is 11.4. The van der Waals surface area contributed by atoms with Crippen LogP contribution in [0.4, 0.5) is 0 Å². The Labute approximate surface area is 417 Å². The topological polar surface area (TPSA) is 36.9 Å². The van der Waals surface area contributed by atoms with Gasteiger partial charge in [-0.1, -0.05) is 193 Å². The molecular weight excluding hydrogens is 991 g/mol. The molecule has 0 aliphatic heterocycles. The quantitative estimate of drug-likeness (QED) is 0.0473. The molecule has 0 aliphatic carbocycles. The first-order chi connectivity index (χ1) is 32.4. The lowest BCUT2D eigenvalue weighted by atomic mass is 9.88. The Morgan fingerprint density at radius 1 is 0.364 bits per heavy atom. The number of ether oxygens (including phenoxy) is 4. The van der Waals surface area contributed by atoms with E-state index in [1.54, 1.807) is 0 Å². The standard InChI is InChI=1S/C58H58Br2Cl2O4/c1-3-5-7-9-11-29-63-47-25-23-41-15-19-45(57(61)53(41)33-47)37-65-49-27-21-39-13-17-43(35-59)55(51(39)31-49)56-44(36-60)18-14-40-22-28-50(32-52(40)56)66-38-46-20-16-42-24-26-48(34-54(42)58(46)62)64-30-12-10-8-6-4-2/h13-28,31-34H,3-12,29-30,35-38H2,1-2H3. The van der Waals surface area contributed by atoms with Crippen LogP contribution in [0, 0.1) is 0 Å². The van der Waals surface area contributed by atoms with E-state index in [1.165, 1.54) is 62.5 Å². The molecule has 0 atom stereocenters. The summed E-state index contributed by atoms with van der Waals surface area (Å²) >= 11 is 21.9. The largest absolute Gasteiger partial charge is 0.494 e. The second-order valence-corrected chi connectivity index (χ2v) is 19.1. The Balaban J connectivity index is 1.05. The summed E-state index contributed by atoms with van der Waals surface area (Å²) in [6, 6.07) is 42.2. The van der Waals surface area contributed by atoms with E-state index in [0.29, 0.717) is 47.1 Å². The highest BCUT2D eigenvalue weighted by Gasteiger charge is 2.19. The second kappa shape index (κ2) is 23.5. The summed E-state index contributed by atoms with van der Waals surface area (Å²) in [6.07, 6.45) is 12.0. The molecule has 0 heterocycles. The normalized spacial score (nSPS) is 11.5. The van der Waals surface area contributed by atoms with Crippen molar-refractivity contribution in [3.63, 3.8) is 0 Å². The summed E-state index contributed by atoms with van der Waals surface area (Å²) in [5.41, 5.74) is 6.52. The molecule has 0 saturated heterocycles. The Bertz CT molecular complexity index is 2730. The van der Waals surface area contributed by atoms with E-state index in [0.717, 1.165) is 101 Å². The molecule has 8 aromatic carbocycles. The predicted molar refractivity (Wildman–Crippen MR) is 287 cm³/mol. The number of fused-ring (bicyclic) bond motifs is 4. The summed E-state index contributed by atoms with van der Waals surface area (Å²) in [5.74, 6) is 3.22. The van der Waals surface area contributed by atoms with Crippen molar-refractivity contribution in [2.24, 2.45) is 0 Å². The lowest BCUT2D eigenvalue weighted by molar-refractivity contribution is 0.304. The van der Waals surface area contributed by atoms with Gasteiger partial charge >= 0.3 is 0 Å². The first-order valence-corrected chi connectivity index (χ1v) is 26.6. The van der Waals surface area contributed by atoms with Crippen LogP contribution in [0.1, 0.15) is 100 Å². The molecule has 0 unspecified atom stereocenters. The number of hydrogen-bond acceptors (Lipinski definition) is 4. The zero-order valence-electron chi connectivity index (χ0n) is 38.0. The molecule has 0 spiro atoms. The molecule has 0 saturated carbocycles. The van der Waals surface area contributed by atoms with Gasteiger partial charge in [0.15, 0.2) is 0 Å². The van der Waals surface area contributed by atoms with Crippen molar-refractivity contribution in [3.8, 4) is 34.1 Å². The highest BCUT2D eigenvalue weighted by atomic mass is 79.9. The van der Waals surface area contributed by atoms with Crippen molar-refractivity contribution in [3.05, 3.63) is 154 Å². The monoisotopic (exact) mass is 1050 g/mol. The molecule has 0 radical (unpaired) electrons. The molecule has 0 fully saturated rings. The van der Waals surface area contributed by atoms with E-state index in [1.807, 2.05) is 24.3 Å². The molecule has 0 aromatic heterocycles. The van der Waals surface area contributed by atoms with Gasteiger partial charge in [-0.05, 0) is 116 Å². The van der Waals surface area contributed by atoms with Crippen molar-refractivity contribution in [2.75, 3.05) is 13.2 Å². The molecule has 342 valence electrons. The molecule has 4 nitrogen and oxygen atoms in total. The number of halogens is 4. The number of unbranched alkanes of at least 4 members (excludes halogenated alkanes) is 8. The van der Waals surface area contributed by atoms with Crippen LogP contribution in [0.15, 0.2) is 121 Å². The minimum Gasteiger partial charge on any atom is -0.494 e. The smallest absolute Gasteiger partial charge is 0.120 e. The van der Waals surface area contributed by atoms with Crippen LogP contribution in [0.25, 0.3) is 54.2 Å². The minimum atomic E-state index is 0.327. The van der Waals surface area contributed by atoms with Crippen LogP contribution in [0.5, 0.6) is 23.0 Å². The lowest BCUT2D eigenvalue weighted by Gasteiger charge is -2.19. The molecule has 0 N–H and O–H groups in total. The molecule has 0 aliphatic rings. The van der Waals surface area contributed by atoms with Crippen molar-refractivity contribution >= 4 is 98.2 Å². The summed E-state index contributed by atoms with van der Waals surface area (Å²) in [5, 5.41) is 11.3. The maximum absolute atomic E-state index is 7.10. The average Bonchev–Trinajstić information content (AvgIpc) is 3.35. The van der Waals surface area contributed by atoms with Crippen molar-refractivity contribution < 1.29 is 18.9 Å². The van der Waals surface area contributed by atoms with Crippen molar-refractivity contribution in [2.45, 2.75) is 102 Å². The summed E-state index contributed by atoms with van der Waals surface area (Å²) in [7, 11) is 0. The third-order valence-electron chi connectivity index (χ3n) is 12.5. The number of alkyl halides is 2. The van der Waals surface area contributed by atoms with Gasteiger partial charge in [-0.3, -0.25) is 0 Å². The first kappa shape index (κ1) is 48.0. The van der Waals surface area contributed by atoms with Gasteiger partial charge < -0.3 is 18.9 Å². The summed E-state index contributed by atoms with van der Waals surface area (Å²) in [6.45, 7) is 6.54. The second-order valence-electron chi connectivity index (χ2n) is 17.2. The van der Waals surface area contributed by atoms with Gasteiger partial charge in [0, 0.05) is 32.6 Å². The third-order valence-corrected chi connectivity index (χ3v) is 14.6. The van der Waals surface area contributed by atoms with Gasteiger partial charge in [-0.25, -0.2) is 0 Å². The molecule has 8 heteroatoms. The van der Waals surface area contributed by atoms with Gasteiger partial charge in [0.25, 0.3) is 0 Å². The van der Waals surface area contributed by atoms with E-state index < -0.39 is 0 Å². The van der Waals surface area contributed by atoms with Gasteiger partial charge in [-0.2, -0.15) is 0 Å². The van der Waals surface area contributed by atoms with Gasteiger partial charge in [0.05, 0.1) is 23.3 Å². The molecule has 0 bridgehead atoms. The molecule has 8 rings (SSSR count). The molecule has 8 aromatic rings. The zero-order valence-corrected chi connectivity index (χ0v) is 42.7. The first-order valence-electron chi connectivity index (χ1n) is 23.6. The Kier molecular flexibility index (Phi) is 17.1. The fourth-order valence-corrected chi connectivity index (χ4v) is 10.3. The maximum Gasteiger partial charge on any atom is 0.120 e. The summed E-state index contributed by atoms with van der Waals surface area (Å²) < 4.78 is 25.4. The number of benzene rings is 8. The van der Waals surface area contributed by atoms with Crippen molar-refractivity contribution in [1.29, 1.82) is 0 Å². The lowest BCUT2D eigenvalue weighted by Crippen LogP contribution is -2.00. The zero-order chi connectivity index (χ0) is 45.8. The van der Waals surface area contributed by atoms with Crippen LogP contribution in [-0.2, 0) is 23.9 Å². The van der Waals surface area contributed by atoms with E-state index in [9.17, 15) is 0 Å². The van der Waals surface area contributed by atoms with Gasteiger partial charge in [-0.15, -0.1) is 0 Å². The van der Waals surface area contributed by atoms with Crippen LogP contribution < -0.4 is 18.9 Å². The number of hydrogen-bond donors (Lipinski definition) is 0. The van der Waals surface area contributed by atoms with E-state index in [-0.39, 0.29) is 0 Å². The van der Waals surface area contributed by atoms with E-state index in [4.69, 9.17) is 42.1 Å². The molecule has 0 amide bonds. The van der Waals surface area contributed by atoms with Crippen LogP contribution in [-0.4, -0.2) is 13.2 Å². The average molecular weight is 1050 g/mol.